The van der Waals surface area contributed by atoms with Crippen LogP contribution in [0.2, 0.25) is 0 Å². The van der Waals surface area contributed by atoms with Gasteiger partial charge in [-0.2, -0.15) is 0 Å². The highest BCUT2D eigenvalue weighted by molar-refractivity contribution is 5.85. The summed E-state index contributed by atoms with van der Waals surface area (Å²) in [6, 6.07) is 7.06. The molecule has 1 fully saturated rings. The lowest BCUT2D eigenvalue weighted by atomic mass is 10.1. The number of pyridine rings is 1. The summed E-state index contributed by atoms with van der Waals surface area (Å²) in [4.78, 5) is 6.65. The van der Waals surface area contributed by atoms with E-state index >= 15 is 0 Å². The Bertz CT molecular complexity index is 595. The Labute approximate surface area is 124 Å². The van der Waals surface area contributed by atoms with Gasteiger partial charge in [0.05, 0.1) is 5.52 Å². The molecular weight excluding hydrogens is 277 g/mol. The molecule has 2 N–H and O–H groups in total. The van der Waals surface area contributed by atoms with Gasteiger partial charge in [0.1, 0.15) is 5.82 Å². The lowest BCUT2D eigenvalue weighted by Gasteiger charge is -2.16. The first-order valence-corrected chi connectivity index (χ1v) is 6.64. The third-order valence-electron chi connectivity index (χ3n) is 3.89. The Morgan fingerprint density at radius 2 is 2.20 bits per heavy atom. The molecular formula is C15H19ClFN3. The van der Waals surface area contributed by atoms with E-state index in [0.717, 1.165) is 29.6 Å². The maximum absolute atomic E-state index is 13.7. The minimum Gasteiger partial charge on any atom is -0.326 e. The van der Waals surface area contributed by atoms with E-state index in [1.807, 2.05) is 12.1 Å². The zero-order valence-electron chi connectivity index (χ0n) is 11.4. The largest absolute Gasteiger partial charge is 0.326 e. The van der Waals surface area contributed by atoms with E-state index in [4.69, 9.17) is 5.73 Å². The number of hydrogen-bond acceptors (Lipinski definition) is 3. The Hall–Kier alpha value is -1.23. The summed E-state index contributed by atoms with van der Waals surface area (Å²) in [5, 5.41) is 0.856. The van der Waals surface area contributed by atoms with Gasteiger partial charge in [0.25, 0.3) is 0 Å². The number of fused-ring (bicyclic) bond motifs is 1. The van der Waals surface area contributed by atoms with Crippen molar-refractivity contribution in [2.75, 3.05) is 13.1 Å². The summed E-state index contributed by atoms with van der Waals surface area (Å²) in [6.45, 7) is 4.70. The number of likely N-dealkylation sites (tertiary alicyclic amines) is 1. The van der Waals surface area contributed by atoms with E-state index in [2.05, 4.69) is 16.8 Å². The zero-order chi connectivity index (χ0) is 13.4. The lowest BCUT2D eigenvalue weighted by Crippen LogP contribution is -2.28. The van der Waals surface area contributed by atoms with Gasteiger partial charge < -0.3 is 5.73 Å². The molecule has 5 heteroatoms. The zero-order valence-corrected chi connectivity index (χ0v) is 12.2. The van der Waals surface area contributed by atoms with Crippen molar-refractivity contribution >= 4 is 23.3 Å². The maximum atomic E-state index is 13.7. The molecule has 1 aliphatic rings. The normalized spacial score (nSPS) is 22.9. The van der Waals surface area contributed by atoms with E-state index in [-0.39, 0.29) is 24.3 Å². The van der Waals surface area contributed by atoms with Crippen molar-refractivity contribution in [2.45, 2.75) is 19.5 Å². The van der Waals surface area contributed by atoms with Crippen LogP contribution in [0.3, 0.4) is 0 Å². The molecule has 0 aliphatic carbocycles. The fourth-order valence-corrected chi connectivity index (χ4v) is 2.81. The number of rotatable bonds is 2. The van der Waals surface area contributed by atoms with Crippen molar-refractivity contribution in [1.29, 1.82) is 0 Å². The van der Waals surface area contributed by atoms with Crippen molar-refractivity contribution in [3.05, 3.63) is 41.8 Å². The maximum Gasteiger partial charge on any atom is 0.124 e. The second kappa shape index (κ2) is 6.04. The van der Waals surface area contributed by atoms with Crippen LogP contribution in [0, 0.1) is 11.7 Å². The molecule has 1 aromatic heterocycles. The average molecular weight is 296 g/mol. The van der Waals surface area contributed by atoms with Crippen molar-refractivity contribution in [3.8, 4) is 0 Å². The van der Waals surface area contributed by atoms with E-state index in [1.54, 1.807) is 12.3 Å². The van der Waals surface area contributed by atoms with E-state index in [0.29, 0.717) is 12.5 Å². The summed E-state index contributed by atoms with van der Waals surface area (Å²) in [7, 11) is 0. The highest BCUT2D eigenvalue weighted by atomic mass is 35.5. The Balaban J connectivity index is 0.00000147. The monoisotopic (exact) mass is 295 g/mol. The summed E-state index contributed by atoms with van der Waals surface area (Å²) >= 11 is 0. The molecule has 2 atom stereocenters. The molecule has 0 saturated carbocycles. The molecule has 2 unspecified atom stereocenters. The number of nitrogens with zero attached hydrogens (tertiary/aromatic N) is 2. The SMILES string of the molecule is CC1CN(Cc2cc(F)cc3cccnc23)CC1N.Cl. The predicted molar refractivity (Wildman–Crippen MR) is 81.4 cm³/mol. The van der Waals surface area contributed by atoms with Gasteiger partial charge in [-0.1, -0.05) is 13.0 Å². The minimum atomic E-state index is -0.202. The number of halogens is 2. The standard InChI is InChI=1S/C15H18FN3.ClH/c1-10-7-19(9-14(10)17)8-12-6-13(16)5-11-3-2-4-18-15(11)12;/h2-6,10,14H,7-9,17H2,1H3;1H. The summed E-state index contributed by atoms with van der Waals surface area (Å²) in [5.74, 6) is 0.292. The molecule has 2 heterocycles. The molecule has 20 heavy (non-hydrogen) atoms. The Kier molecular flexibility index (Phi) is 4.58. The second-order valence-corrected chi connectivity index (χ2v) is 5.48. The van der Waals surface area contributed by atoms with Gasteiger partial charge in [-0.15, -0.1) is 12.4 Å². The Morgan fingerprint density at radius 1 is 1.40 bits per heavy atom. The molecule has 108 valence electrons. The van der Waals surface area contributed by atoms with Gasteiger partial charge in [0, 0.05) is 37.3 Å². The molecule has 0 spiro atoms. The summed E-state index contributed by atoms with van der Waals surface area (Å²) in [5.41, 5.74) is 7.86. The van der Waals surface area contributed by atoms with Gasteiger partial charge in [-0.25, -0.2) is 4.39 Å². The summed E-state index contributed by atoms with van der Waals surface area (Å²) in [6.07, 6.45) is 1.75. The predicted octanol–water partition coefficient (Wildman–Crippen LogP) is 2.57. The first-order valence-electron chi connectivity index (χ1n) is 6.64. The molecule has 3 rings (SSSR count). The molecule has 1 aromatic carbocycles. The highest BCUT2D eigenvalue weighted by Gasteiger charge is 2.26. The average Bonchev–Trinajstić information content (AvgIpc) is 2.68. The van der Waals surface area contributed by atoms with Gasteiger partial charge in [-0.3, -0.25) is 9.88 Å². The second-order valence-electron chi connectivity index (χ2n) is 5.48. The molecule has 0 radical (unpaired) electrons. The van der Waals surface area contributed by atoms with Crippen LogP contribution in [0.15, 0.2) is 30.5 Å². The molecule has 0 amide bonds. The Morgan fingerprint density at radius 3 is 2.90 bits per heavy atom. The third-order valence-corrected chi connectivity index (χ3v) is 3.89. The fourth-order valence-electron chi connectivity index (χ4n) is 2.81. The van der Waals surface area contributed by atoms with Crippen LogP contribution in [0.5, 0.6) is 0 Å². The van der Waals surface area contributed by atoms with Crippen LogP contribution < -0.4 is 5.73 Å². The van der Waals surface area contributed by atoms with Crippen LogP contribution >= 0.6 is 12.4 Å². The molecule has 2 aromatic rings. The number of benzene rings is 1. The van der Waals surface area contributed by atoms with Crippen LogP contribution in [0.1, 0.15) is 12.5 Å². The molecule has 1 saturated heterocycles. The van der Waals surface area contributed by atoms with Crippen LogP contribution in [0.4, 0.5) is 4.39 Å². The van der Waals surface area contributed by atoms with Crippen LogP contribution in [-0.2, 0) is 6.54 Å². The van der Waals surface area contributed by atoms with Gasteiger partial charge in [0.2, 0.25) is 0 Å². The fraction of sp³-hybridized carbons (Fsp3) is 0.400. The molecule has 3 nitrogen and oxygen atoms in total. The number of nitrogens with two attached hydrogens (primary N) is 1. The minimum absolute atomic E-state index is 0. The van der Waals surface area contributed by atoms with Gasteiger partial charge in [0.15, 0.2) is 0 Å². The molecule has 0 bridgehead atoms. The molecule has 1 aliphatic heterocycles. The van der Waals surface area contributed by atoms with Crippen molar-refractivity contribution < 1.29 is 4.39 Å². The van der Waals surface area contributed by atoms with Crippen molar-refractivity contribution in [3.63, 3.8) is 0 Å². The van der Waals surface area contributed by atoms with Crippen LogP contribution in [0.25, 0.3) is 10.9 Å². The van der Waals surface area contributed by atoms with E-state index in [9.17, 15) is 4.39 Å². The van der Waals surface area contributed by atoms with Gasteiger partial charge >= 0.3 is 0 Å². The smallest absolute Gasteiger partial charge is 0.124 e. The van der Waals surface area contributed by atoms with Crippen molar-refractivity contribution in [1.82, 2.24) is 9.88 Å². The van der Waals surface area contributed by atoms with Crippen molar-refractivity contribution in [2.24, 2.45) is 11.7 Å². The first-order chi connectivity index (χ1) is 9.13. The highest BCUT2D eigenvalue weighted by Crippen LogP contribution is 2.23. The third kappa shape index (κ3) is 2.92. The summed E-state index contributed by atoms with van der Waals surface area (Å²) < 4.78 is 13.7. The quantitative estimate of drug-likeness (QED) is 0.926. The number of hydrogen-bond donors (Lipinski definition) is 1. The topological polar surface area (TPSA) is 42.2 Å². The van der Waals surface area contributed by atoms with Crippen LogP contribution in [-0.4, -0.2) is 29.0 Å². The van der Waals surface area contributed by atoms with E-state index in [1.165, 1.54) is 6.07 Å². The first kappa shape index (κ1) is 15.2. The van der Waals surface area contributed by atoms with E-state index < -0.39 is 0 Å². The lowest BCUT2D eigenvalue weighted by molar-refractivity contribution is 0.319. The van der Waals surface area contributed by atoms with Gasteiger partial charge in [-0.05, 0) is 29.7 Å². The number of aromatic nitrogens is 1.